The first-order valence-electron chi connectivity index (χ1n) is 7.16. The molecule has 0 aromatic heterocycles. The van der Waals surface area contributed by atoms with Crippen molar-refractivity contribution in [2.45, 2.75) is 55.7 Å². The molecule has 1 fully saturated rings. The van der Waals surface area contributed by atoms with Crippen LogP contribution in [0.15, 0.2) is 12.2 Å². The van der Waals surface area contributed by atoms with Gasteiger partial charge in [0.25, 0.3) is 0 Å². The zero-order chi connectivity index (χ0) is 18.7. The van der Waals surface area contributed by atoms with Gasteiger partial charge in [0, 0.05) is 0 Å². The molecule has 12 heteroatoms. The highest BCUT2D eigenvalue weighted by Gasteiger charge is 2.56. The Morgan fingerprint density at radius 1 is 1.00 bits per heavy atom. The van der Waals surface area contributed by atoms with Crippen LogP contribution in [0.25, 0.3) is 0 Å². The second-order valence-corrected chi connectivity index (χ2v) is 6.94. The normalized spacial score (nSPS) is 37.6. The number of allylic oxidation sites excluding steroid dienone is 1. The van der Waals surface area contributed by atoms with Gasteiger partial charge in [-0.2, -0.15) is 14.3 Å². The first-order valence-corrected chi connectivity index (χ1v) is 8.69. The highest BCUT2D eigenvalue weighted by Crippen LogP contribution is 2.54. The molecular weight excluding hydrogens is 349 g/mol. The molecule has 4 unspecified atom stereocenters. The predicted molar refractivity (Wildman–Crippen MR) is 81.0 cm³/mol. The van der Waals surface area contributed by atoms with Crippen molar-refractivity contribution in [2.24, 2.45) is 5.73 Å². The van der Waals surface area contributed by atoms with Crippen molar-refractivity contribution < 1.29 is 49.5 Å². The van der Waals surface area contributed by atoms with Gasteiger partial charge in [-0.25, -0.2) is 0 Å². The number of aliphatic hydroxyl groups excluding tert-OH is 6. The number of hydrogen-bond donors (Lipinski definition) is 9. The van der Waals surface area contributed by atoms with E-state index in [1.807, 2.05) is 0 Å². The van der Waals surface area contributed by atoms with Crippen LogP contribution >= 0.6 is 8.17 Å². The molecule has 1 saturated carbocycles. The van der Waals surface area contributed by atoms with Crippen molar-refractivity contribution in [1.29, 1.82) is 0 Å². The number of hydrogen-bond acceptors (Lipinski definition) is 11. The van der Waals surface area contributed by atoms with Crippen molar-refractivity contribution in [3.63, 3.8) is 0 Å². The van der Waals surface area contributed by atoms with Crippen LogP contribution in [0.1, 0.15) is 6.92 Å². The van der Waals surface area contributed by atoms with Crippen LogP contribution in [0.3, 0.4) is 0 Å². The average molecular weight is 374 g/mol. The second kappa shape index (κ2) is 8.90. The molecule has 24 heavy (non-hydrogen) atoms. The number of nitrogens with two attached hydrogens (primary N) is 1. The lowest BCUT2D eigenvalue weighted by Crippen LogP contribution is -2.64. The SMILES string of the molecule is C/C=C/[C@H](O)[C@@H](N)CO[P+](O)(O)OC1C(O)C(O)C(O)C(O)C1O. The molecule has 11 nitrogen and oxygen atoms in total. The minimum atomic E-state index is -4.61. The molecule has 1 rings (SSSR count). The van der Waals surface area contributed by atoms with E-state index in [0.717, 1.165) is 0 Å². The third-order valence-corrected chi connectivity index (χ3v) is 4.60. The molecule has 0 spiro atoms. The summed E-state index contributed by atoms with van der Waals surface area (Å²) in [6, 6.07) is -1.01. The van der Waals surface area contributed by atoms with Gasteiger partial charge in [-0.15, -0.1) is 4.52 Å². The molecule has 0 radical (unpaired) electrons. The van der Waals surface area contributed by atoms with E-state index in [-0.39, 0.29) is 0 Å². The van der Waals surface area contributed by atoms with E-state index in [1.54, 1.807) is 6.92 Å². The third kappa shape index (κ3) is 5.36. The van der Waals surface area contributed by atoms with Gasteiger partial charge in [0.2, 0.25) is 0 Å². The van der Waals surface area contributed by atoms with Gasteiger partial charge < -0.3 is 36.4 Å². The van der Waals surface area contributed by atoms with Crippen molar-refractivity contribution in [2.75, 3.05) is 6.61 Å². The predicted octanol–water partition coefficient (Wildman–Crippen LogP) is -3.87. The maximum atomic E-state index is 9.76. The lowest BCUT2D eigenvalue weighted by molar-refractivity contribution is -0.221. The van der Waals surface area contributed by atoms with E-state index in [1.165, 1.54) is 12.2 Å². The Kier molecular flexibility index (Phi) is 8.07. The zero-order valence-electron chi connectivity index (χ0n) is 12.9. The fourth-order valence-corrected chi connectivity index (χ4v) is 3.13. The Bertz CT molecular complexity index is 409. The number of rotatable bonds is 7. The van der Waals surface area contributed by atoms with Gasteiger partial charge >= 0.3 is 8.17 Å². The van der Waals surface area contributed by atoms with E-state index < -0.39 is 63.5 Å². The summed E-state index contributed by atoms with van der Waals surface area (Å²) in [6.45, 7) is 1.12. The number of aliphatic hydroxyl groups is 6. The van der Waals surface area contributed by atoms with Gasteiger partial charge in [0.05, 0.1) is 12.1 Å². The Morgan fingerprint density at radius 3 is 1.92 bits per heavy atom. The Balaban J connectivity index is 2.68. The molecule has 1 aliphatic carbocycles. The Hall–Kier alpha value is -0.270. The van der Waals surface area contributed by atoms with Gasteiger partial charge in [0.15, 0.2) is 6.10 Å². The third-order valence-electron chi connectivity index (χ3n) is 3.60. The van der Waals surface area contributed by atoms with Crippen LogP contribution in [-0.4, -0.2) is 95.8 Å². The van der Waals surface area contributed by atoms with Crippen LogP contribution in [-0.2, 0) is 9.05 Å². The second-order valence-electron chi connectivity index (χ2n) is 5.49. The smallest absolute Gasteiger partial charge is 0.387 e. The van der Waals surface area contributed by atoms with E-state index in [4.69, 9.17) is 10.3 Å². The largest absolute Gasteiger partial charge is 0.570 e. The van der Waals surface area contributed by atoms with E-state index >= 15 is 0 Å². The standard InChI is InChI=1S/C12H25NO10P/c1-2-3-6(14)5(13)4-22-24(20,21)23-12-10(18)8(16)7(15)9(17)11(12)19/h2-3,5-12,14-21H,4,13H2,1H3/q+1/b3-2+/t5-,6-,7?,8?,9?,10?,11?,12?/m0/s1. The fourth-order valence-electron chi connectivity index (χ4n) is 2.13. The topological polar surface area (TPSA) is 206 Å². The molecule has 10 N–H and O–H groups in total. The molecule has 0 aromatic carbocycles. The van der Waals surface area contributed by atoms with E-state index in [9.17, 15) is 40.4 Å². The summed E-state index contributed by atoms with van der Waals surface area (Å²) in [5.74, 6) is 0. The van der Waals surface area contributed by atoms with Crippen molar-refractivity contribution in [3.8, 4) is 0 Å². The van der Waals surface area contributed by atoms with Crippen molar-refractivity contribution >= 4 is 8.17 Å². The first kappa shape index (κ1) is 21.8. The van der Waals surface area contributed by atoms with Gasteiger partial charge in [-0.1, -0.05) is 12.2 Å². The molecule has 0 saturated heterocycles. The molecule has 0 aromatic rings. The minimum Gasteiger partial charge on any atom is -0.387 e. The molecular formula is C12H25NO10P+. The lowest BCUT2D eigenvalue weighted by Gasteiger charge is -2.40. The van der Waals surface area contributed by atoms with Crippen LogP contribution in [0.4, 0.5) is 0 Å². The summed E-state index contributed by atoms with van der Waals surface area (Å²) < 4.78 is 9.38. The molecule has 0 bridgehead atoms. The maximum absolute atomic E-state index is 9.76. The van der Waals surface area contributed by atoms with Crippen molar-refractivity contribution in [1.82, 2.24) is 0 Å². The van der Waals surface area contributed by atoms with E-state index in [2.05, 4.69) is 4.52 Å². The van der Waals surface area contributed by atoms with Gasteiger partial charge in [-0.05, 0) is 6.92 Å². The Morgan fingerprint density at radius 2 is 1.46 bits per heavy atom. The monoisotopic (exact) mass is 374 g/mol. The average Bonchev–Trinajstić information content (AvgIpc) is 2.53. The van der Waals surface area contributed by atoms with Crippen LogP contribution in [0, 0.1) is 0 Å². The van der Waals surface area contributed by atoms with Crippen LogP contribution in [0.5, 0.6) is 0 Å². The highest BCUT2D eigenvalue weighted by atomic mass is 31.2. The van der Waals surface area contributed by atoms with Gasteiger partial charge in [0.1, 0.15) is 37.1 Å². The Labute approximate surface area is 138 Å². The zero-order valence-corrected chi connectivity index (χ0v) is 13.8. The summed E-state index contributed by atoms with van der Waals surface area (Å²) in [4.78, 5) is 19.4. The lowest BCUT2D eigenvalue weighted by atomic mass is 9.85. The highest BCUT2D eigenvalue weighted by molar-refractivity contribution is 7.54. The molecule has 6 atom stereocenters. The van der Waals surface area contributed by atoms with E-state index in [0.29, 0.717) is 0 Å². The quantitative estimate of drug-likeness (QED) is 0.156. The summed E-state index contributed by atoms with van der Waals surface area (Å²) >= 11 is 0. The molecule has 0 amide bonds. The van der Waals surface area contributed by atoms with Gasteiger partial charge in [-0.3, -0.25) is 0 Å². The van der Waals surface area contributed by atoms with Crippen LogP contribution < -0.4 is 5.73 Å². The summed E-state index contributed by atoms with van der Waals surface area (Å²) in [5, 5.41) is 57.6. The maximum Gasteiger partial charge on any atom is 0.570 e. The summed E-state index contributed by atoms with van der Waals surface area (Å²) in [7, 11) is -4.61. The summed E-state index contributed by atoms with van der Waals surface area (Å²) in [6.07, 6.45) is -9.50. The fraction of sp³-hybridized carbons (Fsp3) is 0.833. The minimum absolute atomic E-state index is 0.529. The first-order chi connectivity index (χ1) is 11.0. The molecule has 142 valence electrons. The summed E-state index contributed by atoms with van der Waals surface area (Å²) in [5.41, 5.74) is 5.56. The molecule has 1 aliphatic rings. The van der Waals surface area contributed by atoms with Crippen molar-refractivity contribution in [3.05, 3.63) is 12.2 Å². The molecule has 0 aliphatic heterocycles. The molecule has 0 heterocycles. The van der Waals surface area contributed by atoms with Crippen LogP contribution in [0.2, 0.25) is 0 Å².